The Bertz CT molecular complexity index is 700. The van der Waals surface area contributed by atoms with Crippen LogP contribution in [0.15, 0.2) is 65.9 Å². The zero-order valence-electron chi connectivity index (χ0n) is 13.7. The molecular formula is C20H24N2S+2. The Morgan fingerprint density at radius 3 is 2.17 bits per heavy atom. The number of unbranched alkanes of at least 4 members (excludes halogenated alkanes) is 2. The van der Waals surface area contributed by atoms with E-state index >= 15 is 0 Å². The maximum Gasteiger partial charge on any atom is 0.169 e. The summed E-state index contributed by atoms with van der Waals surface area (Å²) in [7, 11) is 2.04. The van der Waals surface area contributed by atoms with Gasteiger partial charge in [0.25, 0.3) is 0 Å². The second-order valence-corrected chi connectivity index (χ2v) is 6.80. The number of pyridine rings is 2. The molecular weight excluding hydrogens is 300 g/mol. The fourth-order valence-electron chi connectivity index (χ4n) is 2.73. The van der Waals surface area contributed by atoms with E-state index in [9.17, 15) is 0 Å². The van der Waals surface area contributed by atoms with E-state index in [1.54, 1.807) is 11.3 Å². The predicted octanol–water partition coefficient (Wildman–Crippen LogP) is 3.94. The van der Waals surface area contributed by atoms with Crippen LogP contribution in [0.4, 0.5) is 0 Å². The molecule has 0 bridgehead atoms. The van der Waals surface area contributed by atoms with E-state index in [2.05, 4.69) is 75.0 Å². The highest BCUT2D eigenvalue weighted by Crippen LogP contribution is 2.15. The summed E-state index contributed by atoms with van der Waals surface area (Å²) in [5.74, 6) is 0. The van der Waals surface area contributed by atoms with Gasteiger partial charge >= 0.3 is 0 Å². The largest absolute Gasteiger partial charge is 0.208 e. The van der Waals surface area contributed by atoms with Crippen LogP contribution in [0.5, 0.6) is 0 Å². The number of aromatic nitrogens is 2. The molecule has 0 aliphatic rings. The number of hydrogen-bond acceptors (Lipinski definition) is 1. The Morgan fingerprint density at radius 2 is 1.52 bits per heavy atom. The zero-order chi connectivity index (χ0) is 15.9. The van der Waals surface area contributed by atoms with Crippen LogP contribution >= 0.6 is 11.3 Å². The summed E-state index contributed by atoms with van der Waals surface area (Å²) in [6.45, 7) is 1.10. The third kappa shape index (κ3) is 4.73. The maximum atomic E-state index is 2.29. The van der Waals surface area contributed by atoms with Gasteiger partial charge in [-0.1, -0.05) is 0 Å². The highest BCUT2D eigenvalue weighted by molar-refractivity contribution is 7.07. The van der Waals surface area contributed by atoms with Crippen molar-refractivity contribution in [2.45, 2.75) is 32.2 Å². The highest BCUT2D eigenvalue weighted by atomic mass is 32.1. The molecule has 118 valence electrons. The fraction of sp³-hybridized carbons (Fsp3) is 0.300. The van der Waals surface area contributed by atoms with Crippen molar-refractivity contribution in [1.82, 2.24) is 0 Å². The van der Waals surface area contributed by atoms with Gasteiger partial charge in [-0.3, -0.25) is 0 Å². The standard InChI is InChI=1S/C20H24N2S/c1-21-12-6-19(7-13-21)20-8-14-22(15-9-20)11-4-2-3-5-18-10-16-23-17-18/h6-10,12-17H,2-5,11H2,1H3/q+2. The molecule has 3 aromatic rings. The Hall–Kier alpha value is -2.00. The fourth-order valence-corrected chi connectivity index (χ4v) is 3.43. The molecule has 0 spiro atoms. The summed E-state index contributed by atoms with van der Waals surface area (Å²) in [5.41, 5.74) is 4.04. The molecule has 0 atom stereocenters. The second-order valence-electron chi connectivity index (χ2n) is 6.02. The normalized spacial score (nSPS) is 10.8. The van der Waals surface area contributed by atoms with Crippen LogP contribution in [0.2, 0.25) is 0 Å². The molecule has 0 fully saturated rings. The van der Waals surface area contributed by atoms with Crippen molar-refractivity contribution in [3.8, 4) is 11.1 Å². The molecule has 0 unspecified atom stereocenters. The van der Waals surface area contributed by atoms with E-state index in [0.717, 1.165) is 6.54 Å². The first-order chi connectivity index (χ1) is 11.3. The Balaban J connectivity index is 1.45. The molecule has 0 aromatic carbocycles. The molecule has 3 rings (SSSR count). The number of nitrogens with zero attached hydrogens (tertiary/aromatic N) is 2. The monoisotopic (exact) mass is 324 g/mol. The number of hydrogen-bond donors (Lipinski definition) is 0. The van der Waals surface area contributed by atoms with E-state index in [1.807, 2.05) is 7.05 Å². The minimum absolute atomic E-state index is 1.10. The minimum atomic E-state index is 1.10. The van der Waals surface area contributed by atoms with E-state index < -0.39 is 0 Å². The molecule has 0 radical (unpaired) electrons. The highest BCUT2D eigenvalue weighted by Gasteiger charge is 2.04. The van der Waals surface area contributed by atoms with Crippen LogP contribution in [0, 0.1) is 0 Å². The lowest BCUT2D eigenvalue weighted by molar-refractivity contribution is -0.697. The number of thiophene rings is 1. The minimum Gasteiger partial charge on any atom is -0.208 e. The van der Waals surface area contributed by atoms with E-state index in [4.69, 9.17) is 0 Å². The SMILES string of the molecule is C[n+]1ccc(-c2cc[n+](CCCCCc3ccsc3)cc2)cc1. The summed E-state index contributed by atoms with van der Waals surface area (Å²) in [4.78, 5) is 0. The first-order valence-corrected chi connectivity index (χ1v) is 9.21. The molecule has 0 N–H and O–H groups in total. The van der Waals surface area contributed by atoms with Gasteiger partial charge in [-0.05, 0) is 52.8 Å². The van der Waals surface area contributed by atoms with E-state index in [1.165, 1.54) is 42.4 Å². The van der Waals surface area contributed by atoms with Crippen molar-refractivity contribution < 1.29 is 9.13 Å². The van der Waals surface area contributed by atoms with Gasteiger partial charge in [0.05, 0.1) is 0 Å². The molecule has 0 saturated carbocycles. The lowest BCUT2D eigenvalue weighted by Crippen LogP contribution is -2.32. The third-order valence-corrected chi connectivity index (χ3v) is 4.90. The van der Waals surface area contributed by atoms with Crippen LogP contribution in [0.1, 0.15) is 24.8 Å². The van der Waals surface area contributed by atoms with Gasteiger partial charge in [-0.25, -0.2) is 9.13 Å². The topological polar surface area (TPSA) is 7.76 Å². The Morgan fingerprint density at radius 1 is 0.826 bits per heavy atom. The van der Waals surface area contributed by atoms with Crippen molar-refractivity contribution in [3.63, 3.8) is 0 Å². The third-order valence-electron chi connectivity index (χ3n) is 4.16. The van der Waals surface area contributed by atoms with Crippen LogP contribution in [0.25, 0.3) is 11.1 Å². The molecule has 0 aliphatic heterocycles. The Labute approximate surface area is 142 Å². The van der Waals surface area contributed by atoms with Gasteiger partial charge in [0.15, 0.2) is 24.8 Å². The quantitative estimate of drug-likeness (QED) is 0.459. The summed E-state index contributed by atoms with van der Waals surface area (Å²) >= 11 is 1.80. The van der Waals surface area contributed by atoms with Crippen molar-refractivity contribution in [1.29, 1.82) is 0 Å². The summed E-state index contributed by atoms with van der Waals surface area (Å²) < 4.78 is 4.35. The molecule has 0 aliphatic carbocycles. The van der Waals surface area contributed by atoms with Crippen LogP contribution < -0.4 is 9.13 Å². The number of aryl methyl sites for hydroxylation is 3. The van der Waals surface area contributed by atoms with Crippen LogP contribution in [-0.2, 0) is 20.0 Å². The van der Waals surface area contributed by atoms with Gasteiger partial charge in [-0.15, -0.1) is 0 Å². The first kappa shape index (κ1) is 15.9. The molecule has 3 heterocycles. The average molecular weight is 324 g/mol. The molecule has 0 saturated heterocycles. The van der Waals surface area contributed by atoms with E-state index in [-0.39, 0.29) is 0 Å². The Kier molecular flexibility index (Phi) is 5.54. The van der Waals surface area contributed by atoms with Gasteiger partial charge in [0, 0.05) is 30.7 Å². The molecule has 2 nitrogen and oxygen atoms in total. The van der Waals surface area contributed by atoms with Crippen molar-refractivity contribution in [2.75, 3.05) is 0 Å². The summed E-state index contributed by atoms with van der Waals surface area (Å²) in [5, 5.41) is 4.43. The molecule has 23 heavy (non-hydrogen) atoms. The lowest BCUT2D eigenvalue weighted by atomic mass is 10.1. The smallest absolute Gasteiger partial charge is 0.169 e. The lowest BCUT2D eigenvalue weighted by Gasteiger charge is -2.01. The summed E-state index contributed by atoms with van der Waals surface area (Å²) in [6, 6.07) is 11.0. The van der Waals surface area contributed by atoms with Crippen molar-refractivity contribution in [2.24, 2.45) is 7.05 Å². The molecule has 3 aromatic heterocycles. The van der Waals surface area contributed by atoms with Gasteiger partial charge in [0.2, 0.25) is 0 Å². The van der Waals surface area contributed by atoms with Crippen LogP contribution in [0.3, 0.4) is 0 Å². The van der Waals surface area contributed by atoms with Crippen LogP contribution in [-0.4, -0.2) is 0 Å². The second kappa shape index (κ2) is 8.02. The van der Waals surface area contributed by atoms with E-state index in [0.29, 0.717) is 0 Å². The molecule has 0 amide bonds. The van der Waals surface area contributed by atoms with Gasteiger partial charge < -0.3 is 0 Å². The van der Waals surface area contributed by atoms with Crippen molar-refractivity contribution in [3.05, 3.63) is 71.4 Å². The first-order valence-electron chi connectivity index (χ1n) is 8.27. The van der Waals surface area contributed by atoms with Crippen molar-refractivity contribution >= 4 is 11.3 Å². The zero-order valence-corrected chi connectivity index (χ0v) is 14.5. The summed E-state index contributed by atoms with van der Waals surface area (Å²) in [6.07, 6.45) is 13.6. The van der Waals surface area contributed by atoms with Gasteiger partial charge in [-0.2, -0.15) is 11.3 Å². The molecule has 3 heteroatoms. The maximum absolute atomic E-state index is 2.29. The average Bonchev–Trinajstić information content (AvgIpc) is 3.09. The van der Waals surface area contributed by atoms with Gasteiger partial charge in [0.1, 0.15) is 13.6 Å². The predicted molar refractivity (Wildman–Crippen MR) is 95.1 cm³/mol. The number of rotatable bonds is 7.